The number of ether oxygens (including phenoxy) is 2. The van der Waals surface area contributed by atoms with Gasteiger partial charge in [-0.15, -0.1) is 0 Å². The molecule has 0 fully saturated rings. The molecule has 1 rings (SSSR count). The van der Waals surface area contributed by atoms with Crippen LogP contribution in [0.15, 0.2) is 18.2 Å². The molecule has 0 bridgehead atoms. The van der Waals surface area contributed by atoms with E-state index >= 15 is 0 Å². The summed E-state index contributed by atoms with van der Waals surface area (Å²) >= 11 is 0. The molecule has 1 aromatic rings. The van der Waals surface area contributed by atoms with E-state index in [4.69, 9.17) is 9.47 Å². The predicted octanol–water partition coefficient (Wildman–Crippen LogP) is 1.92. The lowest BCUT2D eigenvalue weighted by molar-refractivity contribution is 0.196. The zero-order valence-electron chi connectivity index (χ0n) is 10.4. The molecule has 1 N–H and O–H groups in total. The summed E-state index contributed by atoms with van der Waals surface area (Å²) in [5, 5.41) is 3.24. The van der Waals surface area contributed by atoms with Gasteiger partial charge in [0.05, 0.1) is 6.61 Å². The minimum atomic E-state index is 0.688. The Balaban J connectivity index is 2.23. The third-order valence-electron chi connectivity index (χ3n) is 2.36. The first kappa shape index (κ1) is 13.0. The molecule has 0 saturated heterocycles. The molecular formula is C13H21NO2. The number of nitrogens with one attached hydrogen (secondary N) is 1. The lowest BCUT2D eigenvalue weighted by Gasteiger charge is -2.10. The molecule has 0 saturated carbocycles. The topological polar surface area (TPSA) is 30.5 Å². The Morgan fingerprint density at radius 2 is 1.88 bits per heavy atom. The molecule has 0 aliphatic rings. The van der Waals surface area contributed by atoms with E-state index < -0.39 is 0 Å². The summed E-state index contributed by atoms with van der Waals surface area (Å²) in [6.45, 7) is 7.27. The van der Waals surface area contributed by atoms with Crippen molar-refractivity contribution in [2.45, 2.75) is 13.8 Å². The van der Waals surface area contributed by atoms with E-state index in [1.807, 2.05) is 0 Å². The summed E-state index contributed by atoms with van der Waals surface area (Å²) in [4.78, 5) is 0. The highest BCUT2D eigenvalue weighted by atomic mass is 16.5. The molecule has 1 aromatic carbocycles. The number of methoxy groups -OCH3 is 1. The Bertz CT molecular complexity index is 313. The molecule has 3 nitrogen and oxygen atoms in total. The molecule has 0 amide bonds. The van der Waals surface area contributed by atoms with Crippen molar-refractivity contribution in [1.82, 2.24) is 5.32 Å². The monoisotopic (exact) mass is 223 g/mol. The maximum Gasteiger partial charge on any atom is 0.122 e. The second-order valence-electron chi connectivity index (χ2n) is 3.86. The van der Waals surface area contributed by atoms with Gasteiger partial charge in [-0.2, -0.15) is 0 Å². The van der Waals surface area contributed by atoms with Crippen LogP contribution in [0.4, 0.5) is 0 Å². The molecule has 0 aliphatic heterocycles. The van der Waals surface area contributed by atoms with E-state index in [9.17, 15) is 0 Å². The van der Waals surface area contributed by atoms with E-state index in [0.29, 0.717) is 6.61 Å². The van der Waals surface area contributed by atoms with Gasteiger partial charge in [-0.3, -0.25) is 0 Å². The third kappa shape index (κ3) is 4.64. The minimum Gasteiger partial charge on any atom is -0.492 e. The molecule has 0 atom stereocenters. The van der Waals surface area contributed by atoms with E-state index in [2.05, 4.69) is 37.4 Å². The normalized spacial score (nSPS) is 10.4. The van der Waals surface area contributed by atoms with Crippen LogP contribution in [0.2, 0.25) is 0 Å². The van der Waals surface area contributed by atoms with E-state index in [0.717, 1.165) is 25.4 Å². The molecule has 0 heterocycles. The van der Waals surface area contributed by atoms with Crippen LogP contribution >= 0.6 is 0 Å². The first-order chi connectivity index (χ1) is 7.74. The Morgan fingerprint density at radius 3 is 2.62 bits per heavy atom. The highest BCUT2D eigenvalue weighted by molar-refractivity contribution is 5.35. The van der Waals surface area contributed by atoms with E-state index in [1.165, 1.54) is 11.1 Å². The first-order valence-electron chi connectivity index (χ1n) is 5.63. The smallest absolute Gasteiger partial charge is 0.122 e. The maximum atomic E-state index is 5.69. The summed E-state index contributed by atoms with van der Waals surface area (Å²) in [5.74, 6) is 0.980. The van der Waals surface area contributed by atoms with Gasteiger partial charge in [-0.1, -0.05) is 12.1 Å². The molecule has 0 aromatic heterocycles. The van der Waals surface area contributed by atoms with Gasteiger partial charge in [-0.05, 0) is 31.0 Å². The quantitative estimate of drug-likeness (QED) is 0.716. The van der Waals surface area contributed by atoms with Gasteiger partial charge in [0.2, 0.25) is 0 Å². The summed E-state index contributed by atoms with van der Waals surface area (Å²) in [7, 11) is 1.70. The highest BCUT2D eigenvalue weighted by Gasteiger charge is 1.98. The van der Waals surface area contributed by atoms with Crippen LogP contribution in [-0.2, 0) is 4.74 Å². The molecule has 3 heteroatoms. The minimum absolute atomic E-state index is 0.688. The van der Waals surface area contributed by atoms with Crippen LogP contribution in [0, 0.1) is 13.8 Å². The molecular weight excluding hydrogens is 202 g/mol. The van der Waals surface area contributed by atoms with E-state index in [-0.39, 0.29) is 0 Å². The van der Waals surface area contributed by atoms with Crippen molar-refractivity contribution in [3.05, 3.63) is 29.3 Å². The number of hydrogen-bond acceptors (Lipinski definition) is 3. The van der Waals surface area contributed by atoms with Crippen molar-refractivity contribution >= 4 is 0 Å². The third-order valence-corrected chi connectivity index (χ3v) is 2.36. The van der Waals surface area contributed by atoms with Crippen molar-refractivity contribution in [3.63, 3.8) is 0 Å². The molecule has 0 spiro atoms. The van der Waals surface area contributed by atoms with Crippen LogP contribution in [0.25, 0.3) is 0 Å². The molecule has 16 heavy (non-hydrogen) atoms. The molecule has 0 radical (unpaired) electrons. The van der Waals surface area contributed by atoms with Gasteiger partial charge >= 0.3 is 0 Å². The lowest BCUT2D eigenvalue weighted by Crippen LogP contribution is -2.24. The van der Waals surface area contributed by atoms with Crippen LogP contribution in [0.1, 0.15) is 11.1 Å². The molecule has 0 unspecified atom stereocenters. The summed E-state index contributed by atoms with van der Waals surface area (Å²) in [6.07, 6.45) is 0. The second kappa shape index (κ2) is 7.25. The summed E-state index contributed by atoms with van der Waals surface area (Å²) in [6, 6.07) is 6.26. The van der Waals surface area contributed by atoms with Crippen molar-refractivity contribution < 1.29 is 9.47 Å². The number of benzene rings is 1. The zero-order valence-corrected chi connectivity index (χ0v) is 10.4. The number of aryl methyl sites for hydroxylation is 2. The fraction of sp³-hybridized carbons (Fsp3) is 0.538. The standard InChI is InChI=1S/C13H21NO2/c1-11-4-5-12(2)13(10-11)16-9-7-14-6-8-15-3/h4-5,10,14H,6-9H2,1-3H3. The maximum absolute atomic E-state index is 5.69. The average molecular weight is 223 g/mol. The largest absolute Gasteiger partial charge is 0.492 e. The van der Waals surface area contributed by atoms with Gasteiger partial charge < -0.3 is 14.8 Å². The zero-order chi connectivity index (χ0) is 11.8. The Hall–Kier alpha value is -1.06. The Kier molecular flexibility index (Phi) is 5.90. The Labute approximate surface area is 97.8 Å². The van der Waals surface area contributed by atoms with Gasteiger partial charge in [-0.25, -0.2) is 0 Å². The van der Waals surface area contributed by atoms with Crippen LogP contribution in [0.5, 0.6) is 5.75 Å². The fourth-order valence-corrected chi connectivity index (χ4v) is 1.40. The van der Waals surface area contributed by atoms with Crippen LogP contribution < -0.4 is 10.1 Å². The van der Waals surface area contributed by atoms with Gasteiger partial charge in [0.25, 0.3) is 0 Å². The van der Waals surface area contributed by atoms with Crippen molar-refractivity contribution in [3.8, 4) is 5.75 Å². The lowest BCUT2D eigenvalue weighted by atomic mass is 10.1. The SMILES string of the molecule is COCCNCCOc1cc(C)ccc1C. The van der Waals surface area contributed by atoms with Gasteiger partial charge in [0.1, 0.15) is 12.4 Å². The number of hydrogen-bond donors (Lipinski definition) is 1. The van der Waals surface area contributed by atoms with Gasteiger partial charge in [0.15, 0.2) is 0 Å². The van der Waals surface area contributed by atoms with Crippen molar-refractivity contribution in [2.75, 3.05) is 33.4 Å². The highest BCUT2D eigenvalue weighted by Crippen LogP contribution is 2.18. The van der Waals surface area contributed by atoms with Crippen molar-refractivity contribution in [1.29, 1.82) is 0 Å². The molecule has 90 valence electrons. The van der Waals surface area contributed by atoms with E-state index in [1.54, 1.807) is 7.11 Å². The average Bonchev–Trinajstić information content (AvgIpc) is 2.28. The summed E-state index contributed by atoms with van der Waals surface area (Å²) in [5.41, 5.74) is 2.41. The summed E-state index contributed by atoms with van der Waals surface area (Å²) < 4.78 is 10.6. The predicted molar refractivity (Wildman–Crippen MR) is 66.2 cm³/mol. The fourth-order valence-electron chi connectivity index (χ4n) is 1.40. The van der Waals surface area contributed by atoms with Gasteiger partial charge in [0, 0.05) is 20.2 Å². The first-order valence-corrected chi connectivity index (χ1v) is 5.63. The van der Waals surface area contributed by atoms with Crippen LogP contribution in [-0.4, -0.2) is 33.4 Å². The second-order valence-corrected chi connectivity index (χ2v) is 3.86. The Morgan fingerprint density at radius 1 is 1.12 bits per heavy atom. The van der Waals surface area contributed by atoms with Crippen molar-refractivity contribution in [2.24, 2.45) is 0 Å². The van der Waals surface area contributed by atoms with Crippen LogP contribution in [0.3, 0.4) is 0 Å². The number of rotatable bonds is 7. The molecule has 0 aliphatic carbocycles.